The van der Waals surface area contributed by atoms with E-state index in [1.165, 1.54) is 24.1 Å². The Hall–Kier alpha value is -4.73. The highest BCUT2D eigenvalue weighted by molar-refractivity contribution is 6.00. The Morgan fingerprint density at radius 1 is 1.17 bits per heavy atom. The van der Waals surface area contributed by atoms with Crippen molar-refractivity contribution in [1.82, 2.24) is 14.9 Å². The maximum Gasteiger partial charge on any atom is 0.286 e. The van der Waals surface area contributed by atoms with Crippen molar-refractivity contribution in [2.24, 2.45) is 0 Å². The normalized spacial score (nSPS) is 15.1. The zero-order valence-electron chi connectivity index (χ0n) is 19.3. The lowest BCUT2D eigenvalue weighted by molar-refractivity contribution is -0.385. The highest BCUT2D eigenvalue weighted by Gasteiger charge is 2.34. The van der Waals surface area contributed by atoms with Gasteiger partial charge in [0.15, 0.2) is 11.5 Å². The number of aldehydes is 1. The molecule has 4 aromatic rings. The Balaban J connectivity index is 1.44. The second-order valence-electron chi connectivity index (χ2n) is 8.35. The van der Waals surface area contributed by atoms with Crippen LogP contribution < -0.4 is 9.47 Å². The van der Waals surface area contributed by atoms with Crippen LogP contribution >= 0.6 is 0 Å². The Morgan fingerprint density at radius 2 is 1.94 bits per heavy atom. The van der Waals surface area contributed by atoms with Gasteiger partial charge in [0.1, 0.15) is 23.4 Å². The number of aromatic amines is 1. The van der Waals surface area contributed by atoms with Crippen molar-refractivity contribution in [3.8, 4) is 28.6 Å². The molecule has 2 heterocycles. The number of carbonyl (C=O) groups is 2. The van der Waals surface area contributed by atoms with Gasteiger partial charge >= 0.3 is 0 Å². The molecule has 0 radical (unpaired) electrons. The molecule has 0 bridgehead atoms. The Labute approximate surface area is 205 Å². The van der Waals surface area contributed by atoms with Gasteiger partial charge in [-0.3, -0.25) is 14.9 Å². The Kier molecular flexibility index (Phi) is 6.07. The smallest absolute Gasteiger partial charge is 0.286 e. The molecule has 10 nitrogen and oxygen atoms in total. The number of carbonyl (C=O) groups excluding carboxylic acids is 2. The molecule has 0 spiro atoms. The SMILES string of the molecule is COc1cc(C(=O)N2CCC[C@H]2C=O)c([N+](=O)[O-])cc1Oc1ccc(-c2nc3ccccc3[nH]2)cc1. The first-order chi connectivity index (χ1) is 17.5. The molecule has 36 heavy (non-hydrogen) atoms. The van der Waals surface area contributed by atoms with Gasteiger partial charge in [0.05, 0.1) is 35.2 Å². The van der Waals surface area contributed by atoms with Crippen LogP contribution in [-0.2, 0) is 4.79 Å². The van der Waals surface area contributed by atoms with Crippen molar-refractivity contribution in [1.29, 1.82) is 0 Å². The molecule has 3 aromatic carbocycles. The van der Waals surface area contributed by atoms with E-state index in [2.05, 4.69) is 9.97 Å². The highest BCUT2D eigenvalue weighted by atomic mass is 16.6. The molecular formula is C26H22N4O6. The van der Waals surface area contributed by atoms with Crippen molar-refractivity contribution in [3.63, 3.8) is 0 Å². The minimum Gasteiger partial charge on any atom is -0.493 e. The van der Waals surface area contributed by atoms with Crippen molar-refractivity contribution in [2.75, 3.05) is 13.7 Å². The summed E-state index contributed by atoms with van der Waals surface area (Å²) in [6, 6.07) is 16.6. The first-order valence-electron chi connectivity index (χ1n) is 11.3. The van der Waals surface area contributed by atoms with Gasteiger partial charge in [-0.25, -0.2) is 4.98 Å². The molecule has 0 saturated carbocycles. The summed E-state index contributed by atoms with van der Waals surface area (Å²) >= 11 is 0. The standard InChI is InChI=1S/C26H22N4O6/c1-35-23-13-19(26(32)29-12-4-5-17(29)15-31)22(30(33)34)14-24(23)36-18-10-8-16(9-11-18)25-27-20-6-2-3-7-21(20)28-25/h2-3,6-11,13-15,17H,4-5,12H2,1H3,(H,27,28)/t17-/m0/s1. The number of nitro benzene ring substituents is 1. The van der Waals surface area contributed by atoms with Gasteiger partial charge in [0, 0.05) is 18.2 Å². The Bertz CT molecular complexity index is 1430. The predicted octanol–water partition coefficient (Wildman–Crippen LogP) is 4.74. The summed E-state index contributed by atoms with van der Waals surface area (Å²) in [7, 11) is 1.39. The van der Waals surface area contributed by atoms with Crippen LogP contribution in [0.1, 0.15) is 23.2 Å². The number of H-pyrrole nitrogens is 1. The van der Waals surface area contributed by atoms with Gasteiger partial charge in [0.25, 0.3) is 11.6 Å². The molecule has 10 heteroatoms. The average molecular weight is 486 g/mol. The molecule has 5 rings (SSSR count). The highest BCUT2D eigenvalue weighted by Crippen LogP contribution is 2.39. The number of aromatic nitrogens is 2. The fourth-order valence-electron chi connectivity index (χ4n) is 4.35. The van der Waals surface area contributed by atoms with Crippen LogP contribution in [0.15, 0.2) is 60.7 Å². The number of nitrogens with zero attached hydrogens (tertiary/aromatic N) is 3. The molecule has 1 saturated heterocycles. The third-order valence-corrected chi connectivity index (χ3v) is 6.17. The molecule has 182 valence electrons. The van der Waals surface area contributed by atoms with E-state index in [9.17, 15) is 19.7 Å². The van der Waals surface area contributed by atoms with Crippen LogP contribution in [0.2, 0.25) is 0 Å². The molecule has 1 amide bonds. The predicted molar refractivity (Wildman–Crippen MR) is 131 cm³/mol. The van der Waals surface area contributed by atoms with Crippen LogP contribution in [0.5, 0.6) is 17.2 Å². The molecule has 0 unspecified atom stereocenters. The number of rotatable bonds is 7. The number of imidazole rings is 1. The maximum absolute atomic E-state index is 13.1. The zero-order valence-corrected chi connectivity index (χ0v) is 19.3. The first-order valence-corrected chi connectivity index (χ1v) is 11.3. The minimum atomic E-state index is -0.643. The number of amides is 1. The second-order valence-corrected chi connectivity index (χ2v) is 8.35. The number of ether oxygens (including phenoxy) is 2. The molecule has 1 aliphatic heterocycles. The number of methoxy groups -OCH3 is 1. The molecule has 1 aliphatic rings. The lowest BCUT2D eigenvalue weighted by Crippen LogP contribution is -2.36. The first kappa shape index (κ1) is 23.0. The van der Waals surface area contributed by atoms with E-state index in [0.29, 0.717) is 37.2 Å². The van der Waals surface area contributed by atoms with Crippen LogP contribution in [0.25, 0.3) is 22.4 Å². The summed E-state index contributed by atoms with van der Waals surface area (Å²) in [6.07, 6.45) is 1.89. The van der Waals surface area contributed by atoms with E-state index >= 15 is 0 Å². The number of para-hydroxylation sites is 2. The van der Waals surface area contributed by atoms with Gasteiger partial charge in [-0.15, -0.1) is 0 Å². The third kappa shape index (κ3) is 4.24. The molecular weight excluding hydrogens is 464 g/mol. The van der Waals surface area contributed by atoms with E-state index < -0.39 is 22.6 Å². The summed E-state index contributed by atoms with van der Waals surface area (Å²) in [5.41, 5.74) is 2.04. The summed E-state index contributed by atoms with van der Waals surface area (Å²) in [4.78, 5) is 44.8. The number of nitrogens with one attached hydrogen (secondary N) is 1. The van der Waals surface area contributed by atoms with Crippen LogP contribution in [-0.4, -0.2) is 51.7 Å². The number of hydrogen-bond donors (Lipinski definition) is 1. The topological polar surface area (TPSA) is 128 Å². The molecule has 1 fully saturated rings. The lowest BCUT2D eigenvalue weighted by Gasteiger charge is -2.21. The van der Waals surface area contributed by atoms with Crippen LogP contribution in [0.3, 0.4) is 0 Å². The van der Waals surface area contributed by atoms with Gasteiger partial charge in [-0.05, 0) is 49.2 Å². The fourth-order valence-corrected chi connectivity index (χ4v) is 4.35. The summed E-state index contributed by atoms with van der Waals surface area (Å²) in [6.45, 7) is 0.359. The quantitative estimate of drug-likeness (QED) is 0.227. The van der Waals surface area contributed by atoms with E-state index in [0.717, 1.165) is 16.6 Å². The van der Waals surface area contributed by atoms with E-state index in [1.54, 1.807) is 12.1 Å². The van der Waals surface area contributed by atoms with Gasteiger partial charge in [-0.2, -0.15) is 0 Å². The van der Waals surface area contributed by atoms with E-state index in [-0.39, 0.29) is 17.1 Å². The second kappa shape index (κ2) is 9.49. The monoisotopic (exact) mass is 486 g/mol. The third-order valence-electron chi connectivity index (χ3n) is 6.17. The van der Waals surface area contributed by atoms with Crippen molar-refractivity contribution in [3.05, 3.63) is 76.3 Å². The fraction of sp³-hybridized carbons (Fsp3) is 0.192. The van der Waals surface area contributed by atoms with Crippen molar-refractivity contribution >= 4 is 28.9 Å². The molecule has 1 aromatic heterocycles. The minimum absolute atomic E-state index is 0.0885. The summed E-state index contributed by atoms with van der Waals surface area (Å²) in [5.74, 6) is 0.783. The molecule has 0 aliphatic carbocycles. The molecule has 1 atom stereocenters. The maximum atomic E-state index is 13.1. The average Bonchev–Trinajstić information content (AvgIpc) is 3.55. The lowest BCUT2D eigenvalue weighted by atomic mass is 10.1. The van der Waals surface area contributed by atoms with Gasteiger partial charge in [0.2, 0.25) is 0 Å². The van der Waals surface area contributed by atoms with Gasteiger partial charge < -0.3 is 24.2 Å². The number of fused-ring (bicyclic) bond motifs is 1. The van der Waals surface area contributed by atoms with Crippen molar-refractivity contribution < 1.29 is 24.0 Å². The Morgan fingerprint density at radius 3 is 2.64 bits per heavy atom. The summed E-state index contributed by atoms with van der Waals surface area (Å²) in [5, 5.41) is 11.8. The number of benzene rings is 3. The summed E-state index contributed by atoms with van der Waals surface area (Å²) < 4.78 is 11.3. The molecule has 1 N–H and O–H groups in total. The van der Waals surface area contributed by atoms with Crippen LogP contribution in [0.4, 0.5) is 5.69 Å². The van der Waals surface area contributed by atoms with E-state index in [1.807, 2.05) is 36.4 Å². The number of likely N-dealkylation sites (tertiary alicyclic amines) is 1. The number of hydrogen-bond acceptors (Lipinski definition) is 7. The van der Waals surface area contributed by atoms with Crippen LogP contribution in [0, 0.1) is 10.1 Å². The van der Waals surface area contributed by atoms with E-state index in [4.69, 9.17) is 9.47 Å². The zero-order chi connectivity index (χ0) is 25.2. The largest absolute Gasteiger partial charge is 0.493 e. The van der Waals surface area contributed by atoms with Gasteiger partial charge in [-0.1, -0.05) is 12.1 Å². The van der Waals surface area contributed by atoms with Crippen molar-refractivity contribution in [2.45, 2.75) is 18.9 Å². The number of nitro groups is 1.